The number of amides is 1. The summed E-state index contributed by atoms with van der Waals surface area (Å²) in [6.45, 7) is 5.28. The number of nitrogens with one attached hydrogen (secondary N) is 1. The standard InChI is InChI=1S/C24H31ClN2O4/c1-18(31-23-8-4-6-20(25)16-23)24(28)26-17-19-5-3-7-22(15-19)30-14-11-27(2)21-9-12-29-13-10-21/h3-8,15-16,18,21H,9-14,17H2,1-2H3,(H,26,28). The van der Waals surface area contributed by atoms with Crippen LogP contribution >= 0.6 is 11.6 Å². The van der Waals surface area contributed by atoms with E-state index in [1.165, 1.54) is 0 Å². The van der Waals surface area contributed by atoms with Crippen LogP contribution in [0.4, 0.5) is 0 Å². The molecule has 1 atom stereocenters. The minimum absolute atomic E-state index is 0.190. The van der Waals surface area contributed by atoms with E-state index in [1.807, 2.05) is 24.3 Å². The van der Waals surface area contributed by atoms with E-state index < -0.39 is 6.10 Å². The second-order valence-corrected chi connectivity index (χ2v) is 8.19. The van der Waals surface area contributed by atoms with Crippen LogP contribution in [0.25, 0.3) is 0 Å². The Kier molecular flexibility index (Phi) is 9.00. The van der Waals surface area contributed by atoms with E-state index in [0.29, 0.717) is 30.0 Å². The highest BCUT2D eigenvalue weighted by molar-refractivity contribution is 6.30. The van der Waals surface area contributed by atoms with Crippen LogP contribution in [-0.2, 0) is 16.1 Å². The molecule has 1 N–H and O–H groups in total. The predicted molar refractivity (Wildman–Crippen MR) is 122 cm³/mol. The number of nitrogens with zero attached hydrogens (tertiary/aromatic N) is 1. The first-order valence-electron chi connectivity index (χ1n) is 10.7. The zero-order chi connectivity index (χ0) is 22.1. The molecule has 6 nitrogen and oxygen atoms in total. The minimum Gasteiger partial charge on any atom is -0.492 e. The highest BCUT2D eigenvalue weighted by Gasteiger charge is 2.18. The Bertz CT molecular complexity index is 842. The van der Waals surface area contributed by atoms with Crippen molar-refractivity contribution in [1.82, 2.24) is 10.2 Å². The average molecular weight is 447 g/mol. The van der Waals surface area contributed by atoms with Gasteiger partial charge in [-0.15, -0.1) is 0 Å². The molecule has 31 heavy (non-hydrogen) atoms. The molecule has 0 bridgehead atoms. The molecule has 1 unspecified atom stereocenters. The molecular weight excluding hydrogens is 416 g/mol. The highest BCUT2D eigenvalue weighted by Crippen LogP contribution is 2.19. The summed E-state index contributed by atoms with van der Waals surface area (Å²) in [5.41, 5.74) is 0.971. The molecule has 1 saturated heterocycles. The SMILES string of the molecule is CC(Oc1cccc(Cl)c1)C(=O)NCc1cccc(OCCN(C)C2CCOCC2)c1. The van der Waals surface area contributed by atoms with Crippen molar-refractivity contribution in [3.05, 3.63) is 59.1 Å². The lowest BCUT2D eigenvalue weighted by Crippen LogP contribution is -2.38. The third-order valence-corrected chi connectivity index (χ3v) is 5.61. The Labute approximate surface area is 189 Å². The van der Waals surface area contributed by atoms with E-state index in [0.717, 1.165) is 43.9 Å². The fourth-order valence-electron chi connectivity index (χ4n) is 3.49. The maximum absolute atomic E-state index is 12.4. The fraction of sp³-hybridized carbons (Fsp3) is 0.458. The number of hydrogen-bond acceptors (Lipinski definition) is 5. The summed E-state index contributed by atoms with van der Waals surface area (Å²) in [5, 5.41) is 3.48. The van der Waals surface area contributed by atoms with Gasteiger partial charge in [0.25, 0.3) is 5.91 Å². The second kappa shape index (κ2) is 11.9. The molecule has 2 aromatic carbocycles. The normalized spacial score (nSPS) is 15.5. The molecule has 1 aliphatic heterocycles. The molecular formula is C24H31ClN2O4. The molecule has 2 aromatic rings. The fourth-order valence-corrected chi connectivity index (χ4v) is 3.67. The van der Waals surface area contributed by atoms with Crippen LogP contribution in [0.5, 0.6) is 11.5 Å². The number of hydrogen-bond donors (Lipinski definition) is 1. The first kappa shape index (κ1) is 23.4. The summed E-state index contributed by atoms with van der Waals surface area (Å²) in [7, 11) is 2.14. The number of halogens is 1. The van der Waals surface area contributed by atoms with E-state index in [1.54, 1.807) is 31.2 Å². The van der Waals surface area contributed by atoms with Gasteiger partial charge in [0, 0.05) is 37.4 Å². The molecule has 168 valence electrons. The summed E-state index contributed by atoms with van der Waals surface area (Å²) < 4.78 is 17.0. The molecule has 0 spiro atoms. The van der Waals surface area contributed by atoms with Gasteiger partial charge in [0.05, 0.1) is 0 Å². The van der Waals surface area contributed by atoms with Gasteiger partial charge in [-0.05, 0) is 62.7 Å². The molecule has 7 heteroatoms. The van der Waals surface area contributed by atoms with Crippen molar-refractivity contribution in [2.45, 2.75) is 38.5 Å². The summed E-state index contributed by atoms with van der Waals surface area (Å²) >= 11 is 5.96. The Morgan fingerprint density at radius 2 is 1.94 bits per heavy atom. The number of likely N-dealkylation sites (N-methyl/N-ethyl adjacent to an activating group) is 1. The van der Waals surface area contributed by atoms with Gasteiger partial charge in [0.15, 0.2) is 6.10 Å². The van der Waals surface area contributed by atoms with Gasteiger partial charge in [0.2, 0.25) is 0 Å². The lowest BCUT2D eigenvalue weighted by atomic mass is 10.1. The van der Waals surface area contributed by atoms with E-state index >= 15 is 0 Å². The quantitative estimate of drug-likeness (QED) is 0.599. The summed E-state index contributed by atoms with van der Waals surface area (Å²) in [6.07, 6.45) is 1.52. The average Bonchev–Trinajstić information content (AvgIpc) is 2.78. The Balaban J connectivity index is 1.41. The molecule has 1 aliphatic rings. The minimum atomic E-state index is -0.626. The van der Waals surface area contributed by atoms with Crippen molar-refractivity contribution in [2.24, 2.45) is 0 Å². The van der Waals surface area contributed by atoms with Crippen LogP contribution in [0, 0.1) is 0 Å². The molecule has 1 amide bonds. The van der Waals surface area contributed by atoms with E-state index in [2.05, 4.69) is 17.3 Å². The summed E-state index contributed by atoms with van der Waals surface area (Å²) in [5.74, 6) is 1.18. The van der Waals surface area contributed by atoms with Crippen LogP contribution < -0.4 is 14.8 Å². The van der Waals surface area contributed by atoms with Gasteiger partial charge in [-0.2, -0.15) is 0 Å². The van der Waals surface area contributed by atoms with Crippen LogP contribution in [0.3, 0.4) is 0 Å². The monoisotopic (exact) mass is 446 g/mol. The van der Waals surface area contributed by atoms with Crippen molar-refractivity contribution in [2.75, 3.05) is 33.4 Å². The van der Waals surface area contributed by atoms with Crippen LogP contribution in [-0.4, -0.2) is 56.4 Å². The molecule has 3 rings (SSSR count). The smallest absolute Gasteiger partial charge is 0.261 e. The zero-order valence-electron chi connectivity index (χ0n) is 18.2. The Morgan fingerprint density at radius 3 is 2.71 bits per heavy atom. The number of benzene rings is 2. The van der Waals surface area contributed by atoms with Crippen LogP contribution in [0.2, 0.25) is 5.02 Å². The summed E-state index contributed by atoms with van der Waals surface area (Å²) in [6, 6.07) is 15.4. The maximum atomic E-state index is 12.4. The first-order chi connectivity index (χ1) is 15.0. The third kappa shape index (κ3) is 7.73. The predicted octanol–water partition coefficient (Wildman–Crippen LogP) is 3.91. The van der Waals surface area contributed by atoms with Gasteiger partial charge >= 0.3 is 0 Å². The van der Waals surface area contributed by atoms with Crippen LogP contribution in [0.1, 0.15) is 25.3 Å². The number of rotatable bonds is 10. The molecule has 0 aromatic heterocycles. The summed E-state index contributed by atoms with van der Waals surface area (Å²) in [4.78, 5) is 14.7. The van der Waals surface area contributed by atoms with Crippen molar-refractivity contribution < 1.29 is 19.0 Å². The zero-order valence-corrected chi connectivity index (χ0v) is 18.9. The number of ether oxygens (including phenoxy) is 3. The van der Waals surface area contributed by atoms with Gasteiger partial charge in [-0.25, -0.2) is 0 Å². The molecule has 0 saturated carbocycles. The van der Waals surface area contributed by atoms with Crippen molar-refractivity contribution >= 4 is 17.5 Å². The van der Waals surface area contributed by atoms with E-state index in [4.69, 9.17) is 25.8 Å². The van der Waals surface area contributed by atoms with Gasteiger partial charge in [-0.3, -0.25) is 9.69 Å². The van der Waals surface area contributed by atoms with Gasteiger partial charge in [0.1, 0.15) is 18.1 Å². The number of carbonyl (C=O) groups excluding carboxylic acids is 1. The lowest BCUT2D eigenvalue weighted by molar-refractivity contribution is -0.127. The second-order valence-electron chi connectivity index (χ2n) is 7.76. The molecule has 0 radical (unpaired) electrons. The van der Waals surface area contributed by atoms with E-state index in [-0.39, 0.29) is 5.91 Å². The van der Waals surface area contributed by atoms with Crippen LogP contribution in [0.15, 0.2) is 48.5 Å². The lowest BCUT2D eigenvalue weighted by Gasteiger charge is -2.31. The molecule has 1 heterocycles. The van der Waals surface area contributed by atoms with Crippen molar-refractivity contribution in [3.8, 4) is 11.5 Å². The highest BCUT2D eigenvalue weighted by atomic mass is 35.5. The largest absolute Gasteiger partial charge is 0.492 e. The van der Waals surface area contributed by atoms with Crippen molar-refractivity contribution in [3.63, 3.8) is 0 Å². The van der Waals surface area contributed by atoms with Gasteiger partial charge in [-0.1, -0.05) is 29.8 Å². The third-order valence-electron chi connectivity index (χ3n) is 5.37. The van der Waals surface area contributed by atoms with Gasteiger partial charge < -0.3 is 19.5 Å². The number of carbonyl (C=O) groups is 1. The Morgan fingerprint density at radius 1 is 1.19 bits per heavy atom. The Hall–Kier alpha value is -2.28. The first-order valence-corrected chi connectivity index (χ1v) is 11.1. The van der Waals surface area contributed by atoms with Crippen molar-refractivity contribution in [1.29, 1.82) is 0 Å². The molecule has 0 aliphatic carbocycles. The maximum Gasteiger partial charge on any atom is 0.261 e. The van der Waals surface area contributed by atoms with E-state index in [9.17, 15) is 4.79 Å². The topological polar surface area (TPSA) is 60.0 Å². The molecule has 1 fully saturated rings.